The summed E-state index contributed by atoms with van der Waals surface area (Å²) < 4.78 is 5.40. The van der Waals surface area contributed by atoms with Crippen LogP contribution in [0.2, 0.25) is 0 Å². The number of methoxy groups -OCH3 is 1. The Hall–Kier alpha value is -2.04. The minimum absolute atomic E-state index is 0.0762. The highest BCUT2D eigenvalue weighted by molar-refractivity contribution is 5.84. The van der Waals surface area contributed by atoms with E-state index in [1.54, 1.807) is 7.11 Å². The van der Waals surface area contributed by atoms with Crippen LogP contribution in [0.25, 0.3) is 0 Å². The molecular weight excluding hydrogens is 328 g/mol. The molecule has 5 heteroatoms. The summed E-state index contributed by atoms with van der Waals surface area (Å²) in [7, 11) is 1.64. The average molecular weight is 358 g/mol. The van der Waals surface area contributed by atoms with Crippen LogP contribution in [0, 0.1) is 11.8 Å². The van der Waals surface area contributed by atoms with Crippen molar-refractivity contribution in [1.82, 2.24) is 9.80 Å². The normalized spacial score (nSPS) is 20.2. The van der Waals surface area contributed by atoms with Crippen molar-refractivity contribution in [3.63, 3.8) is 0 Å². The van der Waals surface area contributed by atoms with E-state index in [1.165, 1.54) is 12.8 Å². The molecule has 1 saturated heterocycles. The van der Waals surface area contributed by atoms with Gasteiger partial charge in [-0.2, -0.15) is 0 Å². The first kappa shape index (κ1) is 18.7. The molecule has 0 radical (unpaired) electrons. The maximum absolute atomic E-state index is 13.0. The van der Waals surface area contributed by atoms with Gasteiger partial charge in [0.25, 0.3) is 0 Å². The van der Waals surface area contributed by atoms with Crippen molar-refractivity contribution in [3.05, 3.63) is 29.8 Å². The SMILES string of the molecule is CCCN(CC1CC1)C(=O)C1CCC(=O)N(Cc2ccccc2OC)C1. The molecule has 1 saturated carbocycles. The van der Waals surface area contributed by atoms with Gasteiger partial charge in [-0.3, -0.25) is 9.59 Å². The second kappa shape index (κ2) is 8.56. The number of rotatable bonds is 8. The van der Waals surface area contributed by atoms with Crippen molar-refractivity contribution < 1.29 is 14.3 Å². The number of hydrogen-bond acceptors (Lipinski definition) is 3. The van der Waals surface area contributed by atoms with Crippen LogP contribution in [0.3, 0.4) is 0 Å². The predicted octanol–water partition coefficient (Wildman–Crippen LogP) is 3.08. The van der Waals surface area contributed by atoms with Gasteiger partial charge in [0.1, 0.15) is 5.75 Å². The minimum atomic E-state index is -0.0762. The molecule has 2 amide bonds. The Balaban J connectivity index is 1.66. The maximum atomic E-state index is 13.0. The van der Waals surface area contributed by atoms with E-state index < -0.39 is 0 Å². The Morgan fingerprint density at radius 1 is 1.27 bits per heavy atom. The number of para-hydroxylation sites is 1. The topological polar surface area (TPSA) is 49.9 Å². The molecule has 1 aliphatic heterocycles. The number of ether oxygens (including phenoxy) is 1. The molecule has 1 atom stereocenters. The first-order valence-electron chi connectivity index (χ1n) is 9.80. The third-order valence-electron chi connectivity index (χ3n) is 5.38. The third-order valence-corrected chi connectivity index (χ3v) is 5.38. The Kier molecular flexibility index (Phi) is 6.17. The summed E-state index contributed by atoms with van der Waals surface area (Å²) in [6.07, 6.45) is 4.60. The van der Waals surface area contributed by atoms with Crippen molar-refractivity contribution >= 4 is 11.8 Å². The lowest BCUT2D eigenvalue weighted by Crippen LogP contribution is -2.47. The van der Waals surface area contributed by atoms with Gasteiger partial charge in [0, 0.05) is 38.2 Å². The molecule has 0 bridgehead atoms. The Morgan fingerprint density at radius 3 is 2.73 bits per heavy atom. The molecule has 5 nitrogen and oxygen atoms in total. The lowest BCUT2D eigenvalue weighted by atomic mass is 9.95. The van der Waals surface area contributed by atoms with Crippen LogP contribution in [0.15, 0.2) is 24.3 Å². The van der Waals surface area contributed by atoms with Crippen molar-refractivity contribution in [3.8, 4) is 5.75 Å². The number of nitrogens with zero attached hydrogens (tertiary/aromatic N) is 2. The van der Waals surface area contributed by atoms with E-state index in [2.05, 4.69) is 6.92 Å². The minimum Gasteiger partial charge on any atom is -0.496 e. The van der Waals surface area contributed by atoms with E-state index in [9.17, 15) is 9.59 Å². The summed E-state index contributed by atoms with van der Waals surface area (Å²) in [5.41, 5.74) is 0.986. The highest BCUT2D eigenvalue weighted by Crippen LogP contribution is 2.31. The molecule has 2 fully saturated rings. The van der Waals surface area contributed by atoms with Crippen LogP contribution in [0.4, 0.5) is 0 Å². The summed E-state index contributed by atoms with van der Waals surface area (Å²) in [4.78, 5) is 29.3. The quantitative estimate of drug-likeness (QED) is 0.717. The summed E-state index contributed by atoms with van der Waals surface area (Å²) >= 11 is 0. The molecule has 1 aromatic carbocycles. The van der Waals surface area contributed by atoms with Gasteiger partial charge < -0.3 is 14.5 Å². The van der Waals surface area contributed by atoms with Crippen LogP contribution in [0.5, 0.6) is 5.75 Å². The van der Waals surface area contributed by atoms with Crippen LogP contribution in [-0.2, 0) is 16.1 Å². The van der Waals surface area contributed by atoms with Crippen LogP contribution in [0.1, 0.15) is 44.6 Å². The number of amides is 2. The lowest BCUT2D eigenvalue weighted by Gasteiger charge is -2.35. The average Bonchev–Trinajstić information content (AvgIpc) is 3.47. The van der Waals surface area contributed by atoms with Crippen LogP contribution in [-0.4, -0.2) is 48.4 Å². The number of benzene rings is 1. The smallest absolute Gasteiger partial charge is 0.227 e. The second-order valence-corrected chi connectivity index (χ2v) is 7.55. The number of hydrogen-bond donors (Lipinski definition) is 0. The Morgan fingerprint density at radius 2 is 2.04 bits per heavy atom. The monoisotopic (exact) mass is 358 g/mol. The molecule has 1 heterocycles. The van der Waals surface area contributed by atoms with Gasteiger partial charge in [-0.1, -0.05) is 25.1 Å². The summed E-state index contributed by atoms with van der Waals surface area (Å²) in [5.74, 6) is 1.77. The molecule has 1 aromatic rings. The molecule has 1 unspecified atom stereocenters. The van der Waals surface area contributed by atoms with Gasteiger partial charge in [0.15, 0.2) is 0 Å². The molecule has 0 N–H and O–H groups in total. The van der Waals surface area contributed by atoms with Crippen molar-refractivity contribution in [2.75, 3.05) is 26.7 Å². The molecule has 1 aliphatic carbocycles. The Labute approximate surface area is 156 Å². The maximum Gasteiger partial charge on any atom is 0.227 e. The molecule has 142 valence electrons. The fraction of sp³-hybridized carbons (Fsp3) is 0.619. The summed E-state index contributed by atoms with van der Waals surface area (Å²) in [6, 6.07) is 7.76. The highest BCUT2D eigenvalue weighted by Gasteiger charge is 2.34. The first-order chi connectivity index (χ1) is 12.6. The van der Waals surface area contributed by atoms with Crippen LogP contribution >= 0.6 is 0 Å². The third kappa shape index (κ3) is 4.57. The highest BCUT2D eigenvalue weighted by atomic mass is 16.5. The molecular formula is C21H30N2O3. The zero-order chi connectivity index (χ0) is 18.5. The van der Waals surface area contributed by atoms with E-state index in [0.717, 1.165) is 30.8 Å². The number of carbonyl (C=O) groups is 2. The molecule has 3 rings (SSSR count). The van der Waals surface area contributed by atoms with E-state index in [4.69, 9.17) is 4.74 Å². The summed E-state index contributed by atoms with van der Waals surface area (Å²) in [5, 5.41) is 0. The van der Waals surface area contributed by atoms with E-state index in [-0.39, 0.29) is 17.7 Å². The van der Waals surface area contributed by atoms with Gasteiger partial charge in [-0.05, 0) is 37.7 Å². The van der Waals surface area contributed by atoms with Crippen molar-refractivity contribution in [2.45, 2.75) is 45.6 Å². The van der Waals surface area contributed by atoms with Gasteiger partial charge in [0.05, 0.1) is 13.0 Å². The van der Waals surface area contributed by atoms with Gasteiger partial charge in [-0.15, -0.1) is 0 Å². The standard InChI is InChI=1S/C21H30N2O3/c1-3-12-22(13-16-8-9-16)21(25)18-10-11-20(24)23(15-18)14-17-6-4-5-7-19(17)26-2/h4-7,16,18H,3,8-15H2,1-2H3. The molecule has 26 heavy (non-hydrogen) atoms. The first-order valence-corrected chi connectivity index (χ1v) is 9.80. The van der Waals surface area contributed by atoms with E-state index in [1.807, 2.05) is 34.1 Å². The second-order valence-electron chi connectivity index (χ2n) is 7.55. The zero-order valence-electron chi connectivity index (χ0n) is 15.9. The molecule has 2 aliphatic rings. The number of carbonyl (C=O) groups excluding carboxylic acids is 2. The zero-order valence-corrected chi connectivity index (χ0v) is 15.9. The molecule has 0 spiro atoms. The number of piperidine rings is 1. The van der Waals surface area contributed by atoms with Crippen molar-refractivity contribution in [2.24, 2.45) is 11.8 Å². The number of likely N-dealkylation sites (tertiary alicyclic amines) is 1. The van der Waals surface area contributed by atoms with Crippen LogP contribution < -0.4 is 4.74 Å². The molecule has 0 aromatic heterocycles. The fourth-order valence-corrected chi connectivity index (χ4v) is 3.74. The van der Waals surface area contributed by atoms with Gasteiger partial charge in [-0.25, -0.2) is 0 Å². The largest absolute Gasteiger partial charge is 0.496 e. The predicted molar refractivity (Wildman–Crippen MR) is 101 cm³/mol. The van der Waals surface area contributed by atoms with Crippen molar-refractivity contribution in [1.29, 1.82) is 0 Å². The van der Waals surface area contributed by atoms with Gasteiger partial charge in [0.2, 0.25) is 11.8 Å². The Bertz CT molecular complexity index is 642. The van der Waals surface area contributed by atoms with E-state index in [0.29, 0.717) is 31.8 Å². The summed E-state index contributed by atoms with van der Waals surface area (Å²) in [6.45, 7) is 4.85. The lowest BCUT2D eigenvalue weighted by molar-refractivity contribution is -0.143. The fourth-order valence-electron chi connectivity index (χ4n) is 3.74. The van der Waals surface area contributed by atoms with E-state index >= 15 is 0 Å². The van der Waals surface area contributed by atoms with Gasteiger partial charge >= 0.3 is 0 Å².